The van der Waals surface area contributed by atoms with Crippen LogP contribution in [-0.2, 0) is 11.3 Å². The number of fused-ring (bicyclic) bond motifs is 2. The van der Waals surface area contributed by atoms with Crippen molar-refractivity contribution in [3.8, 4) is 17.2 Å². The van der Waals surface area contributed by atoms with E-state index >= 15 is 0 Å². The Morgan fingerprint density at radius 2 is 1.97 bits per heavy atom. The van der Waals surface area contributed by atoms with E-state index in [0.29, 0.717) is 55.6 Å². The summed E-state index contributed by atoms with van der Waals surface area (Å²) in [5.41, 5.74) is 2.55. The molecule has 33 heavy (non-hydrogen) atoms. The molecule has 10 nitrogen and oxygen atoms in total. The van der Waals surface area contributed by atoms with Crippen LogP contribution < -0.4 is 19.5 Å². The summed E-state index contributed by atoms with van der Waals surface area (Å²) in [7, 11) is 7.03. The van der Waals surface area contributed by atoms with Gasteiger partial charge in [-0.2, -0.15) is 0 Å². The predicted octanol–water partition coefficient (Wildman–Crippen LogP) is 2.78. The van der Waals surface area contributed by atoms with Crippen LogP contribution in [0.15, 0.2) is 24.7 Å². The molecule has 0 saturated carbocycles. The minimum absolute atomic E-state index is 0.0964. The quantitative estimate of drug-likeness (QED) is 0.609. The average Bonchev–Trinajstić information content (AvgIpc) is 3.22. The third-order valence-electron chi connectivity index (χ3n) is 5.73. The Kier molecular flexibility index (Phi) is 6.83. The highest BCUT2D eigenvalue weighted by Gasteiger charge is 2.18. The van der Waals surface area contributed by atoms with E-state index in [1.54, 1.807) is 19.1 Å². The molecular weight excluding hydrogens is 424 g/mol. The summed E-state index contributed by atoms with van der Waals surface area (Å²) in [4.78, 5) is 28.6. The Hall–Kier alpha value is -3.53. The summed E-state index contributed by atoms with van der Waals surface area (Å²) in [5, 5.41) is 4.31. The number of carbonyl (C=O) groups is 1. The van der Waals surface area contributed by atoms with Gasteiger partial charge >= 0.3 is 0 Å². The zero-order valence-electron chi connectivity index (χ0n) is 19.5. The molecule has 0 unspecified atom stereocenters. The largest absolute Gasteiger partial charge is 0.493 e. The van der Waals surface area contributed by atoms with Crippen LogP contribution in [0.4, 0.5) is 11.5 Å². The average molecular weight is 455 g/mol. The maximum absolute atomic E-state index is 12.5. The van der Waals surface area contributed by atoms with Crippen LogP contribution in [0.2, 0.25) is 0 Å². The number of methoxy groups -OCH3 is 2. The number of ether oxygens (including phenoxy) is 3. The highest BCUT2D eigenvalue weighted by molar-refractivity contribution is 5.92. The summed E-state index contributed by atoms with van der Waals surface area (Å²) in [6, 6.07) is 3.69. The van der Waals surface area contributed by atoms with Gasteiger partial charge in [-0.1, -0.05) is 0 Å². The fourth-order valence-electron chi connectivity index (χ4n) is 3.90. The molecule has 0 saturated heterocycles. The van der Waals surface area contributed by atoms with Crippen molar-refractivity contribution in [1.29, 1.82) is 0 Å². The van der Waals surface area contributed by atoms with Gasteiger partial charge in [0.05, 0.1) is 26.2 Å². The molecule has 0 atom stereocenters. The van der Waals surface area contributed by atoms with Crippen LogP contribution in [0.1, 0.15) is 18.4 Å². The molecule has 1 amide bonds. The Bertz CT molecular complexity index is 1130. The zero-order valence-corrected chi connectivity index (χ0v) is 19.5. The molecule has 0 spiro atoms. The number of hydrogen-bond acceptors (Lipinski definition) is 8. The zero-order chi connectivity index (χ0) is 23.4. The van der Waals surface area contributed by atoms with E-state index in [-0.39, 0.29) is 5.91 Å². The summed E-state index contributed by atoms with van der Waals surface area (Å²) < 4.78 is 17.1. The molecule has 4 rings (SSSR count). The molecule has 1 aliphatic rings. The maximum atomic E-state index is 12.5. The number of hydrogen-bond donors (Lipinski definition) is 2. The van der Waals surface area contributed by atoms with Gasteiger partial charge in [-0.25, -0.2) is 9.97 Å². The van der Waals surface area contributed by atoms with Gasteiger partial charge in [0.1, 0.15) is 17.8 Å². The minimum Gasteiger partial charge on any atom is -0.493 e. The molecule has 1 aromatic carbocycles. The van der Waals surface area contributed by atoms with Gasteiger partial charge in [-0.3, -0.25) is 4.79 Å². The Morgan fingerprint density at radius 3 is 2.76 bits per heavy atom. The van der Waals surface area contributed by atoms with Crippen LogP contribution in [-0.4, -0.2) is 78.7 Å². The number of benzene rings is 1. The van der Waals surface area contributed by atoms with Crippen molar-refractivity contribution in [2.24, 2.45) is 0 Å². The molecule has 0 aliphatic carbocycles. The number of nitrogens with one attached hydrogen (secondary N) is 2. The third-order valence-corrected chi connectivity index (χ3v) is 5.73. The lowest BCUT2D eigenvalue weighted by molar-refractivity contribution is -0.130. The number of H-pyrrole nitrogens is 1. The van der Waals surface area contributed by atoms with Crippen molar-refractivity contribution in [3.05, 3.63) is 30.2 Å². The number of rotatable bonds is 2. The molecule has 10 heteroatoms. The van der Waals surface area contributed by atoms with Crippen LogP contribution in [0.3, 0.4) is 0 Å². The second kappa shape index (κ2) is 9.95. The number of likely N-dealkylation sites (N-methyl/N-ethyl adjacent to an activating group) is 2. The number of aromatic amines is 1. The van der Waals surface area contributed by atoms with Crippen molar-refractivity contribution in [3.63, 3.8) is 0 Å². The molecule has 2 bridgehead atoms. The highest BCUT2D eigenvalue weighted by atomic mass is 16.5. The van der Waals surface area contributed by atoms with E-state index in [1.165, 1.54) is 6.33 Å². The van der Waals surface area contributed by atoms with E-state index < -0.39 is 0 Å². The molecule has 2 N–H and O–H groups in total. The van der Waals surface area contributed by atoms with Gasteiger partial charge in [-0.15, -0.1) is 0 Å². The predicted molar refractivity (Wildman–Crippen MR) is 125 cm³/mol. The third kappa shape index (κ3) is 4.95. The summed E-state index contributed by atoms with van der Waals surface area (Å²) in [6.45, 7) is 2.45. The number of carbonyl (C=O) groups excluding carboxylic acids is 1. The molecule has 176 valence electrons. The van der Waals surface area contributed by atoms with Crippen LogP contribution in [0, 0.1) is 0 Å². The Morgan fingerprint density at radius 1 is 1.12 bits per heavy atom. The molecule has 3 heterocycles. The lowest BCUT2D eigenvalue weighted by Crippen LogP contribution is -2.34. The van der Waals surface area contributed by atoms with Gasteiger partial charge < -0.3 is 34.3 Å². The number of aromatic nitrogens is 3. The Labute approximate surface area is 192 Å². The first-order chi connectivity index (χ1) is 16.0. The maximum Gasteiger partial charge on any atom is 0.222 e. The topological polar surface area (TPSA) is 105 Å². The van der Waals surface area contributed by atoms with E-state index in [1.807, 2.05) is 32.4 Å². The van der Waals surface area contributed by atoms with Crippen molar-refractivity contribution in [2.45, 2.75) is 19.4 Å². The van der Waals surface area contributed by atoms with E-state index in [2.05, 4.69) is 25.2 Å². The van der Waals surface area contributed by atoms with Gasteiger partial charge in [0.15, 0.2) is 11.5 Å². The fourth-order valence-corrected chi connectivity index (χ4v) is 3.90. The highest BCUT2D eigenvalue weighted by Crippen LogP contribution is 2.41. The van der Waals surface area contributed by atoms with Crippen LogP contribution in [0.25, 0.3) is 11.0 Å². The van der Waals surface area contributed by atoms with Gasteiger partial charge in [-0.05, 0) is 19.0 Å². The second-order valence-electron chi connectivity index (χ2n) is 8.10. The first kappa shape index (κ1) is 22.7. The van der Waals surface area contributed by atoms with Crippen LogP contribution >= 0.6 is 0 Å². The van der Waals surface area contributed by atoms with E-state index in [4.69, 9.17) is 14.2 Å². The summed E-state index contributed by atoms with van der Waals surface area (Å²) in [6.07, 6.45) is 4.49. The van der Waals surface area contributed by atoms with Crippen molar-refractivity contribution < 1.29 is 19.0 Å². The van der Waals surface area contributed by atoms with Crippen molar-refractivity contribution in [1.82, 2.24) is 24.8 Å². The molecule has 0 radical (unpaired) electrons. The number of amides is 1. The van der Waals surface area contributed by atoms with Gasteiger partial charge in [0, 0.05) is 57.1 Å². The lowest BCUT2D eigenvalue weighted by atomic mass is 10.2. The van der Waals surface area contributed by atoms with Crippen molar-refractivity contribution in [2.75, 3.05) is 53.3 Å². The van der Waals surface area contributed by atoms with Gasteiger partial charge in [0.25, 0.3) is 0 Å². The monoisotopic (exact) mass is 454 g/mol. The minimum atomic E-state index is 0.0964. The summed E-state index contributed by atoms with van der Waals surface area (Å²) >= 11 is 0. The number of nitrogens with zero attached hydrogens (tertiary/aromatic N) is 4. The standard InChI is InChI=1S/C23H30N6O4/c1-28-7-8-29(2)19(30)6-5-9-33-18-11-16(10-17(31-3)21(18)32-4)27-23-20-15(13-28)12-24-22(20)25-14-26-23/h10-12,14H,5-9,13H2,1-4H3,(H2,24,25,26,27). The molecular formula is C23H30N6O4. The van der Waals surface area contributed by atoms with Gasteiger partial charge in [0.2, 0.25) is 11.7 Å². The van der Waals surface area contributed by atoms with Crippen LogP contribution in [0.5, 0.6) is 17.2 Å². The first-order valence-corrected chi connectivity index (χ1v) is 10.9. The normalized spacial score (nSPS) is 16.1. The SMILES string of the molecule is COc1cc2cc(c1OC)OCCCC(=O)N(C)CCN(C)Cc1c[nH]c3ncnc(c13)N2. The number of anilines is 2. The second-order valence-corrected chi connectivity index (χ2v) is 8.10. The van der Waals surface area contributed by atoms with E-state index in [0.717, 1.165) is 28.8 Å². The lowest BCUT2D eigenvalue weighted by Gasteiger charge is -2.22. The Balaban J connectivity index is 1.76. The molecule has 2 aromatic heterocycles. The summed E-state index contributed by atoms with van der Waals surface area (Å²) in [5.74, 6) is 2.34. The fraction of sp³-hybridized carbons (Fsp3) is 0.435. The van der Waals surface area contributed by atoms with Crippen molar-refractivity contribution >= 4 is 28.4 Å². The molecule has 3 aromatic rings. The van der Waals surface area contributed by atoms with E-state index in [9.17, 15) is 4.79 Å². The molecule has 1 aliphatic heterocycles. The molecule has 0 fully saturated rings. The first-order valence-electron chi connectivity index (χ1n) is 10.9. The smallest absolute Gasteiger partial charge is 0.222 e.